The lowest BCUT2D eigenvalue weighted by Crippen LogP contribution is -2.49. The average molecular weight is 370 g/mol. The van der Waals surface area contributed by atoms with E-state index in [-0.39, 0.29) is 30.6 Å². The SMILES string of the molecule is CC1COC(=O)N1C1CCN(C(=O)Cn2nnc(-c3ccccc3)n2)CC1. The second kappa shape index (κ2) is 7.34. The zero-order valence-electron chi connectivity index (χ0n) is 15.2. The van der Waals surface area contributed by atoms with Gasteiger partial charge >= 0.3 is 6.09 Å². The quantitative estimate of drug-likeness (QED) is 0.802. The van der Waals surface area contributed by atoms with Crippen LogP contribution in [0.4, 0.5) is 4.79 Å². The van der Waals surface area contributed by atoms with Crippen molar-refractivity contribution in [2.75, 3.05) is 19.7 Å². The van der Waals surface area contributed by atoms with Crippen LogP contribution < -0.4 is 0 Å². The Hall–Kier alpha value is -2.97. The van der Waals surface area contributed by atoms with Crippen molar-refractivity contribution in [3.8, 4) is 11.4 Å². The number of carbonyl (C=O) groups is 2. The van der Waals surface area contributed by atoms with Gasteiger partial charge in [0.25, 0.3) is 0 Å². The summed E-state index contributed by atoms with van der Waals surface area (Å²) in [6.45, 7) is 3.72. The number of likely N-dealkylation sites (tertiary alicyclic amines) is 1. The molecule has 9 heteroatoms. The zero-order valence-corrected chi connectivity index (χ0v) is 15.2. The molecule has 142 valence electrons. The van der Waals surface area contributed by atoms with Crippen molar-refractivity contribution in [2.24, 2.45) is 0 Å². The highest BCUT2D eigenvalue weighted by Crippen LogP contribution is 2.23. The van der Waals surface area contributed by atoms with Gasteiger partial charge in [-0.15, -0.1) is 10.2 Å². The van der Waals surface area contributed by atoms with Crippen LogP contribution >= 0.6 is 0 Å². The number of carbonyl (C=O) groups excluding carboxylic acids is 2. The third-order valence-corrected chi connectivity index (χ3v) is 5.11. The molecule has 2 aromatic rings. The molecule has 1 unspecified atom stereocenters. The van der Waals surface area contributed by atoms with Crippen LogP contribution in [0.5, 0.6) is 0 Å². The van der Waals surface area contributed by atoms with E-state index in [0.717, 1.165) is 18.4 Å². The topological polar surface area (TPSA) is 93.5 Å². The maximum Gasteiger partial charge on any atom is 0.410 e. The Morgan fingerprint density at radius 1 is 1.22 bits per heavy atom. The molecule has 2 fully saturated rings. The second-order valence-electron chi connectivity index (χ2n) is 6.95. The van der Waals surface area contributed by atoms with E-state index in [2.05, 4.69) is 15.4 Å². The van der Waals surface area contributed by atoms with Gasteiger partial charge in [0.15, 0.2) is 0 Å². The summed E-state index contributed by atoms with van der Waals surface area (Å²) in [4.78, 5) is 29.4. The van der Waals surface area contributed by atoms with Gasteiger partial charge in [-0.3, -0.25) is 9.69 Å². The molecule has 0 aliphatic carbocycles. The number of cyclic esters (lactones) is 1. The van der Waals surface area contributed by atoms with Crippen LogP contribution in [0.3, 0.4) is 0 Å². The highest BCUT2D eigenvalue weighted by molar-refractivity contribution is 5.76. The van der Waals surface area contributed by atoms with Crippen molar-refractivity contribution < 1.29 is 14.3 Å². The molecule has 2 amide bonds. The van der Waals surface area contributed by atoms with Gasteiger partial charge in [0.05, 0.1) is 6.04 Å². The number of aromatic nitrogens is 4. The van der Waals surface area contributed by atoms with Crippen molar-refractivity contribution >= 4 is 12.0 Å². The summed E-state index contributed by atoms with van der Waals surface area (Å²) in [5, 5.41) is 12.3. The van der Waals surface area contributed by atoms with Crippen molar-refractivity contribution in [3.05, 3.63) is 30.3 Å². The van der Waals surface area contributed by atoms with Crippen molar-refractivity contribution in [2.45, 2.75) is 38.4 Å². The fourth-order valence-corrected chi connectivity index (χ4v) is 3.66. The highest BCUT2D eigenvalue weighted by atomic mass is 16.6. The van der Waals surface area contributed by atoms with Crippen molar-refractivity contribution in [3.63, 3.8) is 0 Å². The first kappa shape index (κ1) is 17.4. The minimum atomic E-state index is -0.243. The van der Waals surface area contributed by atoms with Crippen LogP contribution in [-0.2, 0) is 16.1 Å². The fourth-order valence-electron chi connectivity index (χ4n) is 3.66. The first-order valence-corrected chi connectivity index (χ1v) is 9.18. The van der Waals surface area contributed by atoms with Crippen molar-refractivity contribution in [1.82, 2.24) is 30.0 Å². The molecular formula is C18H22N6O3. The van der Waals surface area contributed by atoms with E-state index >= 15 is 0 Å². The Morgan fingerprint density at radius 3 is 2.63 bits per heavy atom. The summed E-state index contributed by atoms with van der Waals surface area (Å²) >= 11 is 0. The van der Waals surface area contributed by atoms with Crippen LogP contribution in [0.25, 0.3) is 11.4 Å². The third-order valence-electron chi connectivity index (χ3n) is 5.11. The van der Waals surface area contributed by atoms with Crippen LogP contribution in [-0.4, -0.2) is 73.8 Å². The zero-order chi connectivity index (χ0) is 18.8. The summed E-state index contributed by atoms with van der Waals surface area (Å²) in [6.07, 6.45) is 1.27. The number of rotatable bonds is 4. The van der Waals surface area contributed by atoms with E-state index in [4.69, 9.17) is 4.74 Å². The Labute approximate surface area is 156 Å². The lowest BCUT2D eigenvalue weighted by atomic mass is 10.0. The molecule has 2 aliphatic heterocycles. The number of hydrogen-bond donors (Lipinski definition) is 0. The van der Waals surface area contributed by atoms with Gasteiger partial charge in [0.1, 0.15) is 13.2 Å². The van der Waals surface area contributed by atoms with Crippen molar-refractivity contribution in [1.29, 1.82) is 0 Å². The summed E-state index contributed by atoms with van der Waals surface area (Å²) in [6, 6.07) is 9.76. The molecule has 27 heavy (non-hydrogen) atoms. The normalized spacial score (nSPS) is 20.8. The molecular weight excluding hydrogens is 348 g/mol. The number of benzene rings is 1. The maximum atomic E-state index is 12.6. The molecule has 0 spiro atoms. The van der Waals surface area contributed by atoms with Gasteiger partial charge in [-0.1, -0.05) is 30.3 Å². The van der Waals surface area contributed by atoms with Gasteiger partial charge in [0, 0.05) is 24.7 Å². The average Bonchev–Trinajstić information content (AvgIpc) is 3.29. The van der Waals surface area contributed by atoms with E-state index in [1.54, 1.807) is 4.90 Å². The molecule has 9 nitrogen and oxygen atoms in total. The van der Waals surface area contributed by atoms with Gasteiger partial charge in [-0.2, -0.15) is 4.80 Å². The first-order valence-electron chi connectivity index (χ1n) is 9.18. The molecule has 0 N–H and O–H groups in total. The largest absolute Gasteiger partial charge is 0.447 e. The molecule has 0 saturated carbocycles. The highest BCUT2D eigenvalue weighted by Gasteiger charge is 2.37. The van der Waals surface area contributed by atoms with Gasteiger partial charge in [-0.05, 0) is 25.0 Å². The molecule has 4 rings (SSSR count). The summed E-state index contributed by atoms with van der Waals surface area (Å²) in [7, 11) is 0. The molecule has 1 aromatic carbocycles. The summed E-state index contributed by atoms with van der Waals surface area (Å²) < 4.78 is 5.10. The monoisotopic (exact) mass is 370 g/mol. The van der Waals surface area contributed by atoms with E-state index < -0.39 is 0 Å². The van der Waals surface area contributed by atoms with Crippen LogP contribution in [0.1, 0.15) is 19.8 Å². The van der Waals surface area contributed by atoms with E-state index in [9.17, 15) is 9.59 Å². The Kier molecular flexibility index (Phi) is 4.74. The Balaban J connectivity index is 1.32. The number of piperidine rings is 1. The number of hydrogen-bond acceptors (Lipinski definition) is 6. The smallest absolute Gasteiger partial charge is 0.410 e. The van der Waals surface area contributed by atoms with Gasteiger partial charge in [0.2, 0.25) is 11.7 Å². The molecule has 2 aliphatic rings. The van der Waals surface area contributed by atoms with Gasteiger partial charge < -0.3 is 9.64 Å². The number of ether oxygens (including phenoxy) is 1. The van der Waals surface area contributed by atoms with E-state index in [0.29, 0.717) is 25.5 Å². The van der Waals surface area contributed by atoms with E-state index in [1.165, 1.54) is 4.80 Å². The molecule has 0 radical (unpaired) electrons. The predicted octanol–water partition coefficient (Wildman–Crippen LogP) is 1.17. The number of tetrazole rings is 1. The molecule has 0 bridgehead atoms. The van der Waals surface area contributed by atoms with Crippen LogP contribution in [0.15, 0.2) is 30.3 Å². The molecule has 2 saturated heterocycles. The molecule has 1 aromatic heterocycles. The van der Waals surface area contributed by atoms with Crippen LogP contribution in [0.2, 0.25) is 0 Å². The van der Waals surface area contributed by atoms with Crippen LogP contribution in [0, 0.1) is 0 Å². The lowest BCUT2D eigenvalue weighted by Gasteiger charge is -2.37. The summed E-state index contributed by atoms with van der Waals surface area (Å²) in [5.41, 5.74) is 0.864. The van der Waals surface area contributed by atoms with Gasteiger partial charge in [-0.25, -0.2) is 4.79 Å². The molecule has 3 heterocycles. The predicted molar refractivity (Wildman–Crippen MR) is 95.5 cm³/mol. The Morgan fingerprint density at radius 2 is 1.96 bits per heavy atom. The Bertz CT molecular complexity index is 816. The third kappa shape index (κ3) is 3.62. The first-order chi connectivity index (χ1) is 13.1. The minimum absolute atomic E-state index is 0.0393. The summed E-state index contributed by atoms with van der Waals surface area (Å²) in [5.74, 6) is 0.464. The number of amides is 2. The minimum Gasteiger partial charge on any atom is -0.447 e. The standard InChI is InChI=1S/C18H22N6O3/c1-13-12-27-18(26)24(13)15-7-9-22(10-8-15)16(25)11-23-20-17(19-21-23)14-5-3-2-4-6-14/h2-6,13,15H,7-12H2,1H3. The van der Waals surface area contributed by atoms with E-state index in [1.807, 2.05) is 42.2 Å². The molecule has 1 atom stereocenters. The maximum absolute atomic E-state index is 12.6. The second-order valence-corrected chi connectivity index (χ2v) is 6.95. The fraction of sp³-hybridized carbons (Fsp3) is 0.500. The number of nitrogens with zero attached hydrogens (tertiary/aromatic N) is 6. The lowest BCUT2D eigenvalue weighted by molar-refractivity contribution is -0.133.